The largest absolute Gasteiger partial charge is 0.327 e. The zero-order chi connectivity index (χ0) is 12.6. The minimum absolute atomic E-state index is 0.0342. The summed E-state index contributed by atoms with van der Waals surface area (Å²) in [5.41, 5.74) is 5.18. The average Bonchev–Trinajstić information content (AvgIpc) is 2.97. The molecule has 0 bridgehead atoms. The van der Waals surface area contributed by atoms with Crippen LogP contribution in [0.1, 0.15) is 18.4 Å². The second-order valence-electron chi connectivity index (χ2n) is 4.36. The molecule has 0 amide bonds. The van der Waals surface area contributed by atoms with Crippen molar-refractivity contribution < 1.29 is 13.7 Å². The quantitative estimate of drug-likeness (QED) is 0.649. The van der Waals surface area contributed by atoms with Gasteiger partial charge in [0.2, 0.25) is 5.82 Å². The van der Waals surface area contributed by atoms with Gasteiger partial charge in [-0.3, -0.25) is 10.1 Å². The van der Waals surface area contributed by atoms with E-state index in [4.69, 9.17) is 5.73 Å². The fourth-order valence-corrected chi connectivity index (χ4v) is 1.92. The molecule has 0 aromatic heterocycles. The zero-order valence-corrected chi connectivity index (χ0v) is 9.03. The Labute approximate surface area is 96.6 Å². The van der Waals surface area contributed by atoms with Gasteiger partial charge in [-0.25, -0.2) is 4.39 Å². The summed E-state index contributed by atoms with van der Waals surface area (Å²) in [7, 11) is 0. The van der Waals surface area contributed by atoms with E-state index >= 15 is 0 Å². The molecule has 1 aromatic carbocycles. The van der Waals surface area contributed by atoms with E-state index < -0.39 is 22.2 Å². The predicted molar refractivity (Wildman–Crippen MR) is 57.4 cm³/mol. The smallest absolute Gasteiger partial charge is 0.308 e. The van der Waals surface area contributed by atoms with E-state index in [0.29, 0.717) is 12.0 Å². The molecule has 6 heteroatoms. The summed E-state index contributed by atoms with van der Waals surface area (Å²) in [4.78, 5) is 9.89. The van der Waals surface area contributed by atoms with Crippen LogP contribution in [0.25, 0.3) is 0 Å². The van der Waals surface area contributed by atoms with E-state index in [2.05, 4.69) is 0 Å². The molecule has 1 fully saturated rings. The van der Waals surface area contributed by atoms with Gasteiger partial charge < -0.3 is 5.73 Å². The molecule has 4 nitrogen and oxygen atoms in total. The van der Waals surface area contributed by atoms with Crippen LogP contribution in [-0.4, -0.2) is 11.0 Å². The van der Waals surface area contributed by atoms with E-state index in [1.54, 1.807) is 0 Å². The van der Waals surface area contributed by atoms with Crippen molar-refractivity contribution in [1.29, 1.82) is 0 Å². The number of hydrogen-bond donors (Lipinski definition) is 1. The third-order valence-electron chi connectivity index (χ3n) is 2.97. The van der Waals surface area contributed by atoms with Crippen LogP contribution < -0.4 is 5.73 Å². The summed E-state index contributed by atoms with van der Waals surface area (Å²) >= 11 is 0. The minimum Gasteiger partial charge on any atom is -0.327 e. The molecule has 1 aliphatic rings. The first-order valence-corrected chi connectivity index (χ1v) is 5.37. The molecule has 0 spiro atoms. The number of halogens is 2. The number of hydrogen-bond acceptors (Lipinski definition) is 3. The second-order valence-corrected chi connectivity index (χ2v) is 4.36. The first kappa shape index (κ1) is 11.9. The molecule has 1 saturated carbocycles. The maximum Gasteiger partial charge on any atom is 0.308 e. The van der Waals surface area contributed by atoms with Crippen molar-refractivity contribution in [1.82, 2.24) is 0 Å². The van der Waals surface area contributed by atoms with Gasteiger partial charge in [-0.1, -0.05) is 0 Å². The molecule has 1 aliphatic carbocycles. The molecular weight excluding hydrogens is 230 g/mol. The molecule has 0 heterocycles. The van der Waals surface area contributed by atoms with Gasteiger partial charge in [0.1, 0.15) is 5.82 Å². The average molecular weight is 242 g/mol. The van der Waals surface area contributed by atoms with Crippen molar-refractivity contribution in [2.45, 2.75) is 25.3 Å². The minimum atomic E-state index is -1.15. The fraction of sp³-hybridized carbons (Fsp3) is 0.455. The molecule has 1 unspecified atom stereocenters. The number of nitro benzene ring substituents is 1. The maximum atomic E-state index is 13.3. The summed E-state index contributed by atoms with van der Waals surface area (Å²) in [6, 6.07) is 1.24. The van der Waals surface area contributed by atoms with Crippen molar-refractivity contribution in [3.63, 3.8) is 0 Å². The van der Waals surface area contributed by atoms with Gasteiger partial charge in [-0.2, -0.15) is 4.39 Å². The van der Waals surface area contributed by atoms with Crippen molar-refractivity contribution in [2.24, 2.45) is 11.7 Å². The number of nitrogens with two attached hydrogens (primary N) is 1. The Hall–Kier alpha value is -1.56. The van der Waals surface area contributed by atoms with Crippen molar-refractivity contribution in [3.8, 4) is 0 Å². The van der Waals surface area contributed by atoms with Gasteiger partial charge in [-0.05, 0) is 31.2 Å². The highest BCUT2D eigenvalue weighted by molar-refractivity contribution is 5.42. The Morgan fingerprint density at radius 3 is 2.65 bits per heavy atom. The fourth-order valence-electron chi connectivity index (χ4n) is 1.92. The molecule has 0 aliphatic heterocycles. The number of nitro groups is 1. The molecular formula is C11H12F2N2O2. The molecule has 1 aromatic rings. The van der Waals surface area contributed by atoms with Crippen LogP contribution in [-0.2, 0) is 6.42 Å². The van der Waals surface area contributed by atoms with Gasteiger partial charge in [0.05, 0.1) is 4.92 Å². The summed E-state index contributed by atoms with van der Waals surface area (Å²) in [5.74, 6) is -1.64. The Morgan fingerprint density at radius 2 is 2.12 bits per heavy atom. The Balaban J connectivity index is 2.32. The third kappa shape index (κ3) is 2.58. The predicted octanol–water partition coefficient (Wildman–Crippen LogP) is 2.15. The lowest BCUT2D eigenvalue weighted by molar-refractivity contribution is -0.388. The first-order chi connectivity index (χ1) is 7.99. The molecule has 17 heavy (non-hydrogen) atoms. The second kappa shape index (κ2) is 4.37. The van der Waals surface area contributed by atoms with Gasteiger partial charge >= 0.3 is 5.69 Å². The Morgan fingerprint density at radius 1 is 1.47 bits per heavy atom. The van der Waals surface area contributed by atoms with E-state index in [0.717, 1.165) is 18.9 Å². The topological polar surface area (TPSA) is 69.2 Å². The zero-order valence-electron chi connectivity index (χ0n) is 9.03. The van der Waals surface area contributed by atoms with Crippen molar-refractivity contribution in [3.05, 3.63) is 39.4 Å². The number of rotatable bonds is 4. The molecule has 92 valence electrons. The lowest BCUT2D eigenvalue weighted by Crippen LogP contribution is -2.25. The lowest BCUT2D eigenvalue weighted by atomic mass is 10.0. The van der Waals surface area contributed by atoms with Gasteiger partial charge in [-0.15, -0.1) is 0 Å². The standard InChI is InChI=1S/C11H12F2N2O2/c12-8-3-7(4-10(14)6-1-2-6)11(15(16)17)9(13)5-8/h3,5-6,10H,1-2,4,14H2. The molecule has 2 rings (SSSR count). The molecule has 2 N–H and O–H groups in total. The number of benzene rings is 1. The summed E-state index contributed by atoms with van der Waals surface area (Å²) in [5, 5.41) is 10.7. The summed E-state index contributed by atoms with van der Waals surface area (Å²) < 4.78 is 26.3. The van der Waals surface area contributed by atoms with Gasteiger partial charge in [0, 0.05) is 17.7 Å². The van der Waals surface area contributed by atoms with Crippen LogP contribution in [0.15, 0.2) is 12.1 Å². The van der Waals surface area contributed by atoms with Crippen molar-refractivity contribution >= 4 is 5.69 Å². The molecule has 0 saturated heterocycles. The highest BCUT2D eigenvalue weighted by atomic mass is 19.1. The van der Waals surface area contributed by atoms with E-state index in [9.17, 15) is 18.9 Å². The number of nitrogens with zero attached hydrogens (tertiary/aromatic N) is 1. The first-order valence-electron chi connectivity index (χ1n) is 5.37. The highest BCUT2D eigenvalue weighted by Crippen LogP contribution is 2.34. The van der Waals surface area contributed by atoms with Crippen LogP contribution in [0, 0.1) is 27.7 Å². The van der Waals surface area contributed by atoms with Gasteiger partial charge in [0.25, 0.3) is 0 Å². The molecule has 0 radical (unpaired) electrons. The third-order valence-corrected chi connectivity index (χ3v) is 2.97. The van der Waals surface area contributed by atoms with Crippen LogP contribution in [0.4, 0.5) is 14.5 Å². The molecule has 1 atom stereocenters. The summed E-state index contributed by atoms with van der Waals surface area (Å²) in [6.07, 6.45) is 2.09. The highest BCUT2D eigenvalue weighted by Gasteiger charge is 2.31. The summed E-state index contributed by atoms with van der Waals surface area (Å²) in [6.45, 7) is 0. The Kier molecular flexibility index (Phi) is 3.06. The van der Waals surface area contributed by atoms with E-state index in [1.165, 1.54) is 0 Å². The normalized spacial score (nSPS) is 16.9. The van der Waals surface area contributed by atoms with Crippen LogP contribution in [0.2, 0.25) is 0 Å². The lowest BCUT2D eigenvalue weighted by Gasteiger charge is -2.10. The van der Waals surface area contributed by atoms with Gasteiger partial charge in [0.15, 0.2) is 0 Å². The maximum absolute atomic E-state index is 13.3. The van der Waals surface area contributed by atoms with E-state index in [1.807, 2.05) is 0 Å². The van der Waals surface area contributed by atoms with Crippen LogP contribution in [0.3, 0.4) is 0 Å². The SMILES string of the molecule is NC(Cc1cc(F)cc(F)c1[N+](=O)[O-])C1CC1. The van der Waals surface area contributed by atoms with Crippen molar-refractivity contribution in [2.75, 3.05) is 0 Å². The van der Waals surface area contributed by atoms with E-state index in [-0.39, 0.29) is 18.0 Å². The Bertz CT molecular complexity index is 461. The van der Waals surface area contributed by atoms with Crippen LogP contribution >= 0.6 is 0 Å². The monoisotopic (exact) mass is 242 g/mol. The van der Waals surface area contributed by atoms with Crippen LogP contribution in [0.5, 0.6) is 0 Å².